The zero-order valence-corrected chi connectivity index (χ0v) is 11.4. The quantitative estimate of drug-likeness (QED) is 0.872. The summed E-state index contributed by atoms with van der Waals surface area (Å²) in [5.41, 5.74) is 7.84. The monoisotopic (exact) mass is 269 g/mol. The zero-order chi connectivity index (χ0) is 12.3. The highest BCUT2D eigenvalue weighted by Gasteiger charge is 2.20. The molecule has 1 aromatic rings. The first-order valence-corrected chi connectivity index (χ1v) is 5.98. The molecule has 4 nitrogen and oxygen atoms in total. The summed E-state index contributed by atoms with van der Waals surface area (Å²) in [6, 6.07) is 8.04. The van der Waals surface area contributed by atoms with E-state index in [9.17, 15) is 4.79 Å². The van der Waals surface area contributed by atoms with Gasteiger partial charge in [0.25, 0.3) is 0 Å². The van der Waals surface area contributed by atoms with Crippen molar-refractivity contribution in [3.63, 3.8) is 0 Å². The average Bonchev–Trinajstić information content (AvgIpc) is 2.67. The molecule has 1 saturated heterocycles. The van der Waals surface area contributed by atoms with Gasteiger partial charge in [-0.1, -0.05) is 17.7 Å². The first-order chi connectivity index (χ1) is 8.13. The van der Waals surface area contributed by atoms with Crippen molar-refractivity contribution in [3.8, 4) is 0 Å². The third-order valence-electron chi connectivity index (χ3n) is 3.01. The van der Waals surface area contributed by atoms with E-state index in [0.717, 1.165) is 25.2 Å². The lowest BCUT2D eigenvalue weighted by Crippen LogP contribution is -2.33. The van der Waals surface area contributed by atoms with Crippen molar-refractivity contribution in [1.82, 2.24) is 4.90 Å². The lowest BCUT2D eigenvalue weighted by atomic mass is 10.2. The number of nitrogens with one attached hydrogen (secondary N) is 1. The van der Waals surface area contributed by atoms with Crippen molar-refractivity contribution in [2.75, 3.05) is 25.0 Å². The van der Waals surface area contributed by atoms with E-state index < -0.39 is 0 Å². The normalized spacial score (nSPS) is 19.3. The van der Waals surface area contributed by atoms with Crippen LogP contribution in [0, 0.1) is 6.92 Å². The van der Waals surface area contributed by atoms with Crippen molar-refractivity contribution in [1.29, 1.82) is 0 Å². The van der Waals surface area contributed by atoms with Crippen molar-refractivity contribution >= 4 is 24.0 Å². The first kappa shape index (κ1) is 15.0. The number of nitrogens with zero attached hydrogens (tertiary/aromatic N) is 1. The number of hydrogen-bond acceptors (Lipinski definition) is 3. The van der Waals surface area contributed by atoms with Crippen LogP contribution in [0.5, 0.6) is 0 Å². The van der Waals surface area contributed by atoms with Gasteiger partial charge in [0.15, 0.2) is 0 Å². The Balaban J connectivity index is 0.00000162. The fraction of sp³-hybridized carbons (Fsp3) is 0.462. The fourth-order valence-corrected chi connectivity index (χ4v) is 2.05. The molecular formula is C13H20ClN3O. The molecule has 100 valence electrons. The number of benzene rings is 1. The molecule has 1 unspecified atom stereocenters. The van der Waals surface area contributed by atoms with Gasteiger partial charge < -0.3 is 11.1 Å². The third kappa shape index (κ3) is 4.29. The topological polar surface area (TPSA) is 58.4 Å². The Kier molecular flexibility index (Phi) is 5.59. The average molecular weight is 270 g/mol. The van der Waals surface area contributed by atoms with Crippen LogP contribution >= 0.6 is 12.4 Å². The van der Waals surface area contributed by atoms with Gasteiger partial charge in [0.1, 0.15) is 0 Å². The van der Waals surface area contributed by atoms with E-state index in [1.807, 2.05) is 31.2 Å². The summed E-state index contributed by atoms with van der Waals surface area (Å²) >= 11 is 0. The van der Waals surface area contributed by atoms with Crippen molar-refractivity contribution < 1.29 is 4.79 Å². The Morgan fingerprint density at radius 2 is 2.11 bits per heavy atom. The van der Waals surface area contributed by atoms with Gasteiger partial charge in [0, 0.05) is 24.8 Å². The summed E-state index contributed by atoms with van der Waals surface area (Å²) in [5, 5.41) is 2.89. The van der Waals surface area contributed by atoms with E-state index in [-0.39, 0.29) is 24.4 Å². The second-order valence-corrected chi connectivity index (χ2v) is 4.70. The molecule has 2 rings (SSSR count). The predicted octanol–water partition coefficient (Wildman–Crippen LogP) is 1.39. The molecule has 18 heavy (non-hydrogen) atoms. The highest BCUT2D eigenvalue weighted by Crippen LogP contribution is 2.10. The van der Waals surface area contributed by atoms with Crippen LogP contribution in [0.2, 0.25) is 0 Å². The molecule has 0 radical (unpaired) electrons. The highest BCUT2D eigenvalue weighted by atomic mass is 35.5. The number of amides is 1. The number of likely N-dealkylation sites (tertiary alicyclic amines) is 1. The van der Waals surface area contributed by atoms with E-state index in [1.54, 1.807) is 0 Å². The fourth-order valence-electron chi connectivity index (χ4n) is 2.05. The number of carbonyl (C=O) groups is 1. The third-order valence-corrected chi connectivity index (χ3v) is 3.01. The van der Waals surface area contributed by atoms with Crippen molar-refractivity contribution in [2.45, 2.75) is 19.4 Å². The number of halogens is 1. The van der Waals surface area contributed by atoms with E-state index in [0.29, 0.717) is 6.54 Å². The molecule has 5 heteroatoms. The van der Waals surface area contributed by atoms with Gasteiger partial charge in [-0.15, -0.1) is 12.4 Å². The summed E-state index contributed by atoms with van der Waals surface area (Å²) < 4.78 is 0. The number of anilines is 1. The molecule has 1 aromatic carbocycles. The molecule has 1 aliphatic heterocycles. The number of carbonyl (C=O) groups excluding carboxylic acids is 1. The van der Waals surface area contributed by atoms with Gasteiger partial charge in [0.2, 0.25) is 5.91 Å². The standard InChI is InChI=1S/C13H19N3O.ClH/c1-10-2-4-12(5-3-10)15-13(17)9-16-7-6-11(14)8-16;/h2-5,11H,6-9,14H2,1H3,(H,15,17);1H. The van der Waals surface area contributed by atoms with Crippen LogP contribution in [0.1, 0.15) is 12.0 Å². The minimum atomic E-state index is 0. The summed E-state index contributed by atoms with van der Waals surface area (Å²) in [6.45, 7) is 4.20. The van der Waals surface area contributed by atoms with Crippen LogP contribution in [0.3, 0.4) is 0 Å². The van der Waals surface area contributed by atoms with Crippen LogP contribution in [0.25, 0.3) is 0 Å². The Bertz CT molecular complexity index is 394. The van der Waals surface area contributed by atoms with Crippen LogP contribution in [0.4, 0.5) is 5.69 Å². The van der Waals surface area contributed by atoms with Gasteiger partial charge in [-0.2, -0.15) is 0 Å². The maximum absolute atomic E-state index is 11.8. The molecule has 0 saturated carbocycles. The number of aryl methyl sites for hydroxylation is 1. The second kappa shape index (κ2) is 6.73. The maximum atomic E-state index is 11.8. The molecule has 0 aromatic heterocycles. The lowest BCUT2D eigenvalue weighted by molar-refractivity contribution is -0.117. The summed E-state index contributed by atoms with van der Waals surface area (Å²) in [4.78, 5) is 13.9. The SMILES string of the molecule is Cc1ccc(NC(=O)CN2CCC(N)C2)cc1.Cl. The van der Waals surface area contributed by atoms with Crippen molar-refractivity contribution in [2.24, 2.45) is 5.73 Å². The van der Waals surface area contributed by atoms with Crippen molar-refractivity contribution in [3.05, 3.63) is 29.8 Å². The number of nitrogens with two attached hydrogens (primary N) is 1. The molecule has 0 aliphatic carbocycles. The van der Waals surface area contributed by atoms with Gasteiger partial charge in [-0.3, -0.25) is 9.69 Å². The van der Waals surface area contributed by atoms with Crippen LogP contribution in [-0.4, -0.2) is 36.5 Å². The van der Waals surface area contributed by atoms with Gasteiger partial charge in [0.05, 0.1) is 6.54 Å². The molecule has 1 heterocycles. The van der Waals surface area contributed by atoms with E-state index in [2.05, 4.69) is 10.2 Å². The molecule has 3 N–H and O–H groups in total. The van der Waals surface area contributed by atoms with Crippen LogP contribution in [0.15, 0.2) is 24.3 Å². The Morgan fingerprint density at radius 1 is 1.44 bits per heavy atom. The number of hydrogen-bond donors (Lipinski definition) is 2. The Morgan fingerprint density at radius 3 is 2.67 bits per heavy atom. The minimum absolute atomic E-state index is 0. The molecule has 1 amide bonds. The minimum Gasteiger partial charge on any atom is -0.326 e. The van der Waals surface area contributed by atoms with E-state index >= 15 is 0 Å². The number of rotatable bonds is 3. The van der Waals surface area contributed by atoms with Gasteiger partial charge >= 0.3 is 0 Å². The lowest BCUT2D eigenvalue weighted by Gasteiger charge is -2.14. The maximum Gasteiger partial charge on any atom is 0.238 e. The van der Waals surface area contributed by atoms with Crippen LogP contribution in [-0.2, 0) is 4.79 Å². The zero-order valence-electron chi connectivity index (χ0n) is 10.6. The largest absolute Gasteiger partial charge is 0.326 e. The molecular weight excluding hydrogens is 250 g/mol. The van der Waals surface area contributed by atoms with E-state index in [4.69, 9.17) is 5.73 Å². The predicted molar refractivity (Wildman–Crippen MR) is 76.1 cm³/mol. The second-order valence-electron chi connectivity index (χ2n) is 4.70. The van der Waals surface area contributed by atoms with Gasteiger partial charge in [-0.05, 0) is 25.5 Å². The smallest absolute Gasteiger partial charge is 0.238 e. The molecule has 1 aliphatic rings. The summed E-state index contributed by atoms with van der Waals surface area (Å²) in [6.07, 6.45) is 0.984. The van der Waals surface area contributed by atoms with Gasteiger partial charge in [-0.25, -0.2) is 0 Å². The summed E-state index contributed by atoms with van der Waals surface area (Å²) in [5.74, 6) is 0.0305. The first-order valence-electron chi connectivity index (χ1n) is 5.98. The molecule has 0 spiro atoms. The molecule has 1 atom stereocenters. The Hall–Kier alpha value is -1.10. The van der Waals surface area contributed by atoms with Crippen LogP contribution < -0.4 is 11.1 Å². The van der Waals surface area contributed by atoms with E-state index in [1.165, 1.54) is 5.56 Å². The highest BCUT2D eigenvalue weighted by molar-refractivity contribution is 5.92. The molecule has 0 bridgehead atoms. The summed E-state index contributed by atoms with van der Waals surface area (Å²) in [7, 11) is 0. The molecule has 1 fully saturated rings. The Labute approximate surface area is 114 Å².